The molecule has 29 heavy (non-hydrogen) atoms. The molecule has 0 heterocycles. The van der Waals surface area contributed by atoms with Crippen molar-refractivity contribution in [2.24, 2.45) is 0 Å². The van der Waals surface area contributed by atoms with E-state index in [4.69, 9.17) is 16.3 Å². The van der Waals surface area contributed by atoms with Crippen molar-refractivity contribution in [3.05, 3.63) is 86.8 Å². The molecule has 3 aromatic carbocycles. The first-order valence-corrected chi connectivity index (χ1v) is 10.4. The third-order valence-corrected chi connectivity index (χ3v) is 5.18. The number of benzene rings is 3. The minimum atomic E-state index is -0.228. The molecular formula is C23H22BrClN2O2. The Morgan fingerprint density at radius 2 is 1.79 bits per heavy atom. The first kappa shape index (κ1) is 21.2. The van der Waals surface area contributed by atoms with Gasteiger partial charge in [-0.1, -0.05) is 51.3 Å². The van der Waals surface area contributed by atoms with E-state index in [1.165, 1.54) is 0 Å². The van der Waals surface area contributed by atoms with E-state index >= 15 is 0 Å². The molecule has 4 nitrogen and oxygen atoms in total. The highest BCUT2D eigenvalue weighted by Crippen LogP contribution is 2.26. The molecule has 0 bridgehead atoms. The molecule has 0 unspecified atom stereocenters. The molecular weight excluding hydrogens is 452 g/mol. The molecule has 0 aliphatic heterocycles. The Hall–Kier alpha value is -2.50. The number of carbonyl (C=O) groups is 1. The SMILES string of the molecule is Cc1ccc(NC(=O)COc2ccc(CNc3ccc(Br)cc3)cc2Cl)c(C)c1. The van der Waals surface area contributed by atoms with E-state index in [0.29, 0.717) is 17.3 Å². The number of hydrogen-bond donors (Lipinski definition) is 2. The summed E-state index contributed by atoms with van der Waals surface area (Å²) in [6.45, 7) is 4.50. The first-order valence-electron chi connectivity index (χ1n) is 9.18. The van der Waals surface area contributed by atoms with Crippen LogP contribution >= 0.6 is 27.5 Å². The maximum Gasteiger partial charge on any atom is 0.262 e. The molecule has 6 heteroatoms. The van der Waals surface area contributed by atoms with Crippen molar-refractivity contribution in [2.75, 3.05) is 17.2 Å². The molecule has 0 atom stereocenters. The predicted molar refractivity (Wildman–Crippen MR) is 123 cm³/mol. The minimum Gasteiger partial charge on any atom is -0.482 e. The van der Waals surface area contributed by atoms with Gasteiger partial charge < -0.3 is 15.4 Å². The second kappa shape index (κ2) is 9.81. The lowest BCUT2D eigenvalue weighted by molar-refractivity contribution is -0.118. The molecule has 150 valence electrons. The Morgan fingerprint density at radius 1 is 1.03 bits per heavy atom. The highest BCUT2D eigenvalue weighted by molar-refractivity contribution is 9.10. The highest BCUT2D eigenvalue weighted by Gasteiger charge is 2.09. The molecule has 0 aromatic heterocycles. The number of aryl methyl sites for hydroxylation is 2. The summed E-state index contributed by atoms with van der Waals surface area (Å²) >= 11 is 9.75. The third-order valence-electron chi connectivity index (χ3n) is 4.35. The lowest BCUT2D eigenvalue weighted by Gasteiger charge is -2.12. The van der Waals surface area contributed by atoms with E-state index < -0.39 is 0 Å². The van der Waals surface area contributed by atoms with Crippen molar-refractivity contribution < 1.29 is 9.53 Å². The Labute approximate surface area is 184 Å². The standard InChI is InChI=1S/C23H22BrClN2O2/c1-15-3-9-21(16(2)11-15)27-23(28)14-29-22-10-4-17(12-20(22)25)13-26-19-7-5-18(24)6-8-19/h3-12,26H,13-14H2,1-2H3,(H,27,28). The van der Waals surface area contributed by atoms with Gasteiger partial charge in [0, 0.05) is 22.4 Å². The molecule has 0 aliphatic carbocycles. The normalized spacial score (nSPS) is 10.5. The smallest absolute Gasteiger partial charge is 0.262 e. The fraction of sp³-hybridized carbons (Fsp3) is 0.174. The number of ether oxygens (including phenoxy) is 1. The van der Waals surface area contributed by atoms with E-state index in [2.05, 4.69) is 26.6 Å². The number of carbonyl (C=O) groups excluding carboxylic acids is 1. The fourth-order valence-corrected chi connectivity index (χ4v) is 3.35. The van der Waals surface area contributed by atoms with E-state index in [-0.39, 0.29) is 12.5 Å². The molecule has 0 radical (unpaired) electrons. The van der Waals surface area contributed by atoms with Crippen molar-refractivity contribution in [3.63, 3.8) is 0 Å². The summed E-state index contributed by atoms with van der Waals surface area (Å²) < 4.78 is 6.63. The van der Waals surface area contributed by atoms with Gasteiger partial charge in [0.05, 0.1) is 5.02 Å². The molecule has 0 spiro atoms. The molecule has 1 amide bonds. The highest BCUT2D eigenvalue weighted by atomic mass is 79.9. The quantitative estimate of drug-likeness (QED) is 0.420. The molecule has 0 fully saturated rings. The van der Waals surface area contributed by atoms with Crippen LogP contribution in [0, 0.1) is 13.8 Å². The summed E-state index contributed by atoms with van der Waals surface area (Å²) in [5, 5.41) is 6.67. The van der Waals surface area contributed by atoms with Crippen molar-refractivity contribution in [1.29, 1.82) is 0 Å². The van der Waals surface area contributed by atoms with Crippen molar-refractivity contribution in [1.82, 2.24) is 0 Å². The number of rotatable bonds is 7. The van der Waals surface area contributed by atoms with E-state index in [1.54, 1.807) is 6.07 Å². The van der Waals surface area contributed by atoms with Gasteiger partial charge in [-0.3, -0.25) is 4.79 Å². The van der Waals surface area contributed by atoms with Gasteiger partial charge in [0.1, 0.15) is 5.75 Å². The number of hydrogen-bond acceptors (Lipinski definition) is 3. The van der Waals surface area contributed by atoms with Crippen LogP contribution in [-0.2, 0) is 11.3 Å². The van der Waals surface area contributed by atoms with Crippen molar-refractivity contribution in [2.45, 2.75) is 20.4 Å². The van der Waals surface area contributed by atoms with Gasteiger partial charge in [0.25, 0.3) is 5.91 Å². The Kier molecular flexibility index (Phi) is 7.18. The topological polar surface area (TPSA) is 50.4 Å². The lowest BCUT2D eigenvalue weighted by atomic mass is 10.1. The van der Waals surface area contributed by atoms with Gasteiger partial charge in [0.15, 0.2) is 6.61 Å². The average Bonchev–Trinajstić information content (AvgIpc) is 2.69. The molecule has 2 N–H and O–H groups in total. The maximum atomic E-state index is 12.2. The summed E-state index contributed by atoms with van der Waals surface area (Å²) in [6, 6.07) is 19.4. The number of anilines is 2. The second-order valence-corrected chi connectivity index (χ2v) is 8.10. The molecule has 3 aromatic rings. The van der Waals surface area contributed by atoms with Crippen LogP contribution in [0.1, 0.15) is 16.7 Å². The van der Waals surface area contributed by atoms with Crippen molar-refractivity contribution >= 4 is 44.8 Å². The van der Waals surface area contributed by atoms with Gasteiger partial charge in [-0.25, -0.2) is 0 Å². The molecule has 0 saturated heterocycles. The van der Waals surface area contributed by atoms with Crippen LogP contribution in [0.2, 0.25) is 5.02 Å². The average molecular weight is 474 g/mol. The predicted octanol–water partition coefficient (Wildman–Crippen LogP) is 6.35. The van der Waals surface area contributed by atoms with Crippen LogP contribution in [0.5, 0.6) is 5.75 Å². The molecule has 3 rings (SSSR count). The number of nitrogens with one attached hydrogen (secondary N) is 2. The number of halogens is 2. The summed E-state index contributed by atoms with van der Waals surface area (Å²) in [5.41, 5.74) is 4.99. The molecule has 0 saturated carbocycles. The zero-order chi connectivity index (χ0) is 20.8. The van der Waals surface area contributed by atoms with Gasteiger partial charge >= 0.3 is 0 Å². The Balaban J connectivity index is 1.53. The largest absolute Gasteiger partial charge is 0.482 e. The van der Waals surface area contributed by atoms with Gasteiger partial charge in [-0.05, 0) is 67.4 Å². The van der Waals surface area contributed by atoms with Crippen LogP contribution in [0.25, 0.3) is 0 Å². The Morgan fingerprint density at radius 3 is 2.48 bits per heavy atom. The third kappa shape index (κ3) is 6.24. The lowest BCUT2D eigenvalue weighted by Crippen LogP contribution is -2.20. The van der Waals surface area contributed by atoms with Crippen LogP contribution in [0.4, 0.5) is 11.4 Å². The summed E-state index contributed by atoms with van der Waals surface area (Å²) in [7, 11) is 0. The van der Waals surface area contributed by atoms with Gasteiger partial charge in [-0.2, -0.15) is 0 Å². The monoisotopic (exact) mass is 472 g/mol. The molecule has 0 aliphatic rings. The summed E-state index contributed by atoms with van der Waals surface area (Å²) in [5.74, 6) is 0.254. The Bertz CT molecular complexity index is 1010. The first-order chi connectivity index (χ1) is 13.9. The number of amides is 1. The second-order valence-electron chi connectivity index (χ2n) is 6.78. The van der Waals surface area contributed by atoms with E-state index in [0.717, 1.165) is 32.5 Å². The zero-order valence-corrected chi connectivity index (χ0v) is 18.6. The van der Waals surface area contributed by atoms with Crippen LogP contribution in [-0.4, -0.2) is 12.5 Å². The minimum absolute atomic E-state index is 0.108. The maximum absolute atomic E-state index is 12.2. The fourth-order valence-electron chi connectivity index (χ4n) is 2.83. The van der Waals surface area contributed by atoms with E-state index in [9.17, 15) is 4.79 Å². The van der Waals surface area contributed by atoms with Gasteiger partial charge in [0.2, 0.25) is 0 Å². The zero-order valence-electron chi connectivity index (χ0n) is 16.3. The summed E-state index contributed by atoms with van der Waals surface area (Å²) in [4.78, 5) is 12.2. The van der Waals surface area contributed by atoms with Gasteiger partial charge in [-0.15, -0.1) is 0 Å². The van der Waals surface area contributed by atoms with Crippen LogP contribution in [0.3, 0.4) is 0 Å². The van der Waals surface area contributed by atoms with Crippen LogP contribution in [0.15, 0.2) is 65.1 Å². The summed E-state index contributed by atoms with van der Waals surface area (Å²) in [6.07, 6.45) is 0. The van der Waals surface area contributed by atoms with Crippen molar-refractivity contribution in [3.8, 4) is 5.75 Å². The van der Waals surface area contributed by atoms with Crippen LogP contribution < -0.4 is 15.4 Å². The van der Waals surface area contributed by atoms with E-state index in [1.807, 2.05) is 68.4 Å².